The van der Waals surface area contributed by atoms with Crippen molar-refractivity contribution < 1.29 is 9.53 Å². The number of piperidine rings is 3. The van der Waals surface area contributed by atoms with E-state index >= 15 is 0 Å². The minimum Gasteiger partial charge on any atom is -0.496 e. The summed E-state index contributed by atoms with van der Waals surface area (Å²) in [5.74, 6) is 0.544. The number of nitrogens with zero attached hydrogens (tertiary/aromatic N) is 2. The highest BCUT2D eigenvalue weighted by Gasteiger charge is 2.44. The Bertz CT molecular complexity index is 746. The summed E-state index contributed by atoms with van der Waals surface area (Å²) in [4.78, 5) is 15.2. The maximum Gasteiger partial charge on any atom is 0.272 e. The van der Waals surface area contributed by atoms with Crippen molar-refractivity contribution in [2.45, 2.75) is 25.8 Å². The van der Waals surface area contributed by atoms with Crippen LogP contribution in [0.5, 0.6) is 5.75 Å². The van der Waals surface area contributed by atoms with Crippen molar-refractivity contribution in [2.75, 3.05) is 26.7 Å². The molecule has 3 saturated heterocycles. The first kappa shape index (κ1) is 14.5. The topological polar surface area (TPSA) is 70.2 Å². The minimum absolute atomic E-state index is 0.124. The monoisotopic (exact) mass is 314 g/mol. The molecule has 0 spiro atoms. The van der Waals surface area contributed by atoms with Gasteiger partial charge >= 0.3 is 0 Å². The lowest BCUT2D eigenvalue weighted by Crippen LogP contribution is -2.62. The van der Waals surface area contributed by atoms with Gasteiger partial charge in [-0.3, -0.25) is 9.89 Å². The molecule has 2 N–H and O–H groups in total. The number of fused-ring (bicyclic) bond motifs is 4. The molecular weight excluding hydrogens is 292 g/mol. The van der Waals surface area contributed by atoms with Gasteiger partial charge in [0.1, 0.15) is 5.75 Å². The van der Waals surface area contributed by atoms with Crippen molar-refractivity contribution in [2.24, 2.45) is 5.41 Å². The Morgan fingerprint density at radius 1 is 1.43 bits per heavy atom. The van der Waals surface area contributed by atoms with Gasteiger partial charge in [0.05, 0.1) is 18.0 Å². The molecule has 5 rings (SSSR count). The van der Waals surface area contributed by atoms with E-state index in [2.05, 4.69) is 27.3 Å². The number of H-pyrrole nitrogens is 1. The number of amides is 1. The van der Waals surface area contributed by atoms with Crippen molar-refractivity contribution in [3.63, 3.8) is 0 Å². The maximum absolute atomic E-state index is 12.8. The second kappa shape index (κ2) is 5.23. The molecule has 2 aromatic rings. The van der Waals surface area contributed by atoms with Crippen LogP contribution < -0.4 is 10.1 Å². The maximum atomic E-state index is 12.8. The zero-order chi connectivity index (χ0) is 16.0. The molecule has 1 atom stereocenters. The van der Waals surface area contributed by atoms with Crippen LogP contribution in [0.15, 0.2) is 18.2 Å². The van der Waals surface area contributed by atoms with Gasteiger partial charge in [0.15, 0.2) is 5.69 Å². The Balaban J connectivity index is 1.63. The fourth-order valence-electron chi connectivity index (χ4n) is 3.89. The summed E-state index contributed by atoms with van der Waals surface area (Å²) in [6.07, 6.45) is 2.28. The highest BCUT2D eigenvalue weighted by atomic mass is 16.5. The second-order valence-electron chi connectivity index (χ2n) is 6.94. The van der Waals surface area contributed by atoms with Gasteiger partial charge in [-0.05, 0) is 43.5 Å². The highest BCUT2D eigenvalue weighted by Crippen LogP contribution is 2.39. The Morgan fingerprint density at radius 2 is 2.22 bits per heavy atom. The number of rotatable bonds is 3. The van der Waals surface area contributed by atoms with E-state index in [4.69, 9.17) is 4.74 Å². The van der Waals surface area contributed by atoms with Crippen LogP contribution in [-0.4, -0.2) is 53.8 Å². The zero-order valence-corrected chi connectivity index (χ0v) is 13.6. The highest BCUT2D eigenvalue weighted by molar-refractivity contribution is 6.07. The summed E-state index contributed by atoms with van der Waals surface area (Å²) < 4.78 is 5.39. The van der Waals surface area contributed by atoms with Crippen LogP contribution in [0.2, 0.25) is 0 Å². The van der Waals surface area contributed by atoms with Gasteiger partial charge in [-0.1, -0.05) is 13.0 Å². The summed E-state index contributed by atoms with van der Waals surface area (Å²) in [6, 6.07) is 5.82. The molecule has 3 aliphatic heterocycles. The third-order valence-electron chi connectivity index (χ3n) is 5.57. The first-order chi connectivity index (χ1) is 11.1. The van der Waals surface area contributed by atoms with Gasteiger partial charge in [0, 0.05) is 12.6 Å². The van der Waals surface area contributed by atoms with E-state index in [1.54, 1.807) is 7.11 Å². The number of carbonyl (C=O) groups excluding carboxylic acids is 1. The predicted molar refractivity (Wildman–Crippen MR) is 87.7 cm³/mol. The number of hydrogen-bond donors (Lipinski definition) is 2. The zero-order valence-electron chi connectivity index (χ0n) is 13.6. The van der Waals surface area contributed by atoms with Crippen LogP contribution in [0.4, 0.5) is 0 Å². The van der Waals surface area contributed by atoms with E-state index in [1.165, 1.54) is 0 Å². The molecule has 6 heteroatoms. The number of nitrogens with one attached hydrogen (secondary N) is 2. The molecule has 1 aromatic heterocycles. The normalized spacial score (nSPS) is 29.7. The SMILES string of the molecule is COc1cccc2[nH]nc(C(=O)N[C@@H]3CN4CCC3(C)CC4)c12. The molecule has 0 saturated carbocycles. The Hall–Kier alpha value is -2.08. The van der Waals surface area contributed by atoms with Crippen molar-refractivity contribution >= 4 is 16.8 Å². The molecule has 3 aliphatic rings. The molecule has 2 bridgehead atoms. The molecule has 23 heavy (non-hydrogen) atoms. The average molecular weight is 314 g/mol. The van der Waals surface area contributed by atoms with Crippen LogP contribution in [0.1, 0.15) is 30.3 Å². The third-order valence-corrected chi connectivity index (χ3v) is 5.57. The molecule has 3 fully saturated rings. The van der Waals surface area contributed by atoms with E-state index in [9.17, 15) is 4.79 Å². The lowest BCUT2D eigenvalue weighted by atomic mass is 9.70. The summed E-state index contributed by atoms with van der Waals surface area (Å²) in [5, 5.41) is 11.1. The molecule has 0 unspecified atom stereocenters. The van der Waals surface area contributed by atoms with Crippen molar-refractivity contribution in [1.82, 2.24) is 20.4 Å². The van der Waals surface area contributed by atoms with Gasteiger partial charge in [-0.15, -0.1) is 0 Å². The van der Waals surface area contributed by atoms with Gasteiger partial charge < -0.3 is 15.0 Å². The molecule has 6 nitrogen and oxygen atoms in total. The second-order valence-corrected chi connectivity index (χ2v) is 6.94. The molecule has 0 aliphatic carbocycles. The van der Waals surface area contributed by atoms with Crippen molar-refractivity contribution in [1.29, 1.82) is 0 Å². The fourth-order valence-corrected chi connectivity index (χ4v) is 3.89. The van der Waals surface area contributed by atoms with Crippen molar-refractivity contribution in [3.05, 3.63) is 23.9 Å². The number of methoxy groups -OCH3 is 1. The first-order valence-corrected chi connectivity index (χ1v) is 8.15. The third kappa shape index (κ3) is 2.28. The Labute approximate surface area is 135 Å². The lowest BCUT2D eigenvalue weighted by Gasteiger charge is -2.52. The number of hydrogen-bond acceptors (Lipinski definition) is 4. The lowest BCUT2D eigenvalue weighted by molar-refractivity contribution is 0.00377. The van der Waals surface area contributed by atoms with Gasteiger partial charge in [0.2, 0.25) is 0 Å². The fraction of sp³-hybridized carbons (Fsp3) is 0.529. The molecule has 122 valence electrons. The van der Waals surface area contributed by atoms with Crippen LogP contribution in [-0.2, 0) is 0 Å². The molecular formula is C17H22N4O2. The molecule has 4 heterocycles. The first-order valence-electron chi connectivity index (χ1n) is 8.15. The molecule has 1 amide bonds. The smallest absolute Gasteiger partial charge is 0.272 e. The Kier molecular flexibility index (Phi) is 3.30. The van der Waals surface area contributed by atoms with Crippen LogP contribution in [0.3, 0.4) is 0 Å². The number of aromatic nitrogens is 2. The van der Waals surface area contributed by atoms with Gasteiger partial charge in [-0.2, -0.15) is 5.10 Å². The summed E-state index contributed by atoms with van der Waals surface area (Å²) >= 11 is 0. The van der Waals surface area contributed by atoms with Gasteiger partial charge in [0.25, 0.3) is 5.91 Å². The number of ether oxygens (including phenoxy) is 1. The van der Waals surface area contributed by atoms with Gasteiger partial charge in [-0.25, -0.2) is 0 Å². The summed E-state index contributed by atoms with van der Waals surface area (Å²) in [5.41, 5.74) is 1.42. The van der Waals surface area contributed by atoms with Crippen LogP contribution >= 0.6 is 0 Å². The standard InChI is InChI=1S/C17H22N4O2/c1-17-6-8-21(9-7-17)10-13(17)18-16(22)15-14-11(19-20-15)4-3-5-12(14)23-2/h3-5,13H,6-10H2,1-2H3,(H,18,22)(H,19,20)/t13-/m1/s1. The van der Waals surface area contributed by atoms with E-state index in [0.29, 0.717) is 11.4 Å². The summed E-state index contributed by atoms with van der Waals surface area (Å²) in [7, 11) is 1.61. The number of aromatic amines is 1. The number of benzene rings is 1. The largest absolute Gasteiger partial charge is 0.496 e. The van der Waals surface area contributed by atoms with E-state index in [1.807, 2.05) is 18.2 Å². The quantitative estimate of drug-likeness (QED) is 0.906. The predicted octanol–water partition coefficient (Wildman–Crippen LogP) is 1.79. The van der Waals surface area contributed by atoms with E-state index < -0.39 is 0 Å². The Morgan fingerprint density at radius 3 is 2.91 bits per heavy atom. The van der Waals surface area contributed by atoms with E-state index in [-0.39, 0.29) is 17.4 Å². The van der Waals surface area contributed by atoms with Crippen LogP contribution in [0.25, 0.3) is 10.9 Å². The number of carbonyl (C=O) groups is 1. The molecule has 1 aromatic carbocycles. The molecule has 0 radical (unpaired) electrons. The minimum atomic E-state index is -0.124. The van der Waals surface area contributed by atoms with Crippen molar-refractivity contribution in [3.8, 4) is 5.75 Å². The van der Waals surface area contributed by atoms with Crippen LogP contribution in [0, 0.1) is 5.41 Å². The summed E-state index contributed by atoms with van der Waals surface area (Å²) in [6.45, 7) is 5.50. The van der Waals surface area contributed by atoms with E-state index in [0.717, 1.165) is 43.4 Å². The average Bonchev–Trinajstić information content (AvgIpc) is 3.00.